The van der Waals surface area contributed by atoms with Gasteiger partial charge in [0, 0.05) is 12.1 Å². The molecule has 0 spiro atoms. The number of methoxy groups -OCH3 is 1. The lowest BCUT2D eigenvalue weighted by atomic mass is 10.1. The van der Waals surface area contributed by atoms with E-state index in [0.29, 0.717) is 24.4 Å². The summed E-state index contributed by atoms with van der Waals surface area (Å²) in [4.78, 5) is 12.7. The second-order valence-corrected chi connectivity index (χ2v) is 9.54. The molecule has 7 nitrogen and oxygen atoms in total. The van der Waals surface area contributed by atoms with Crippen LogP contribution < -0.4 is 10.1 Å². The van der Waals surface area contributed by atoms with Crippen molar-refractivity contribution in [3.05, 3.63) is 71.9 Å². The van der Waals surface area contributed by atoms with Gasteiger partial charge in [0.05, 0.1) is 30.4 Å². The summed E-state index contributed by atoms with van der Waals surface area (Å²) < 4.78 is 30.9. The van der Waals surface area contributed by atoms with Crippen LogP contribution >= 0.6 is 0 Å². The summed E-state index contributed by atoms with van der Waals surface area (Å²) in [5, 5.41) is 7.38. The maximum atomic E-state index is 12.7. The molecule has 30 heavy (non-hydrogen) atoms. The number of carbonyl (C=O) groups excluding carboxylic acids is 1. The molecule has 4 rings (SSSR count). The molecule has 0 bridgehead atoms. The highest BCUT2D eigenvalue weighted by Crippen LogP contribution is 2.31. The van der Waals surface area contributed by atoms with Gasteiger partial charge in [-0.15, -0.1) is 0 Å². The molecule has 1 amide bonds. The van der Waals surface area contributed by atoms with Crippen molar-refractivity contribution in [1.82, 2.24) is 15.1 Å². The van der Waals surface area contributed by atoms with E-state index in [1.165, 1.54) is 0 Å². The average Bonchev–Trinajstić information content (AvgIpc) is 3.36. The van der Waals surface area contributed by atoms with Gasteiger partial charge in [-0.1, -0.05) is 30.3 Å². The van der Waals surface area contributed by atoms with Crippen LogP contribution in [0.15, 0.2) is 60.7 Å². The van der Waals surface area contributed by atoms with E-state index in [0.717, 1.165) is 11.1 Å². The number of nitrogens with one attached hydrogen (secondary N) is 1. The van der Waals surface area contributed by atoms with Crippen LogP contribution in [0.4, 0.5) is 0 Å². The Morgan fingerprint density at radius 2 is 1.90 bits per heavy atom. The standard InChI is InChI=1S/C22H23N3O4S/c1-29-19-9-7-17(8-10-19)21-13-20(22(26)23-14-16-5-3-2-4-6-16)24-25(21)18-11-12-30(27,28)15-18/h2-10,13,18H,11-12,14-15H2,1H3,(H,23,26)/t18-/m0/s1. The topological polar surface area (TPSA) is 90.3 Å². The van der Waals surface area contributed by atoms with E-state index in [4.69, 9.17) is 4.74 Å². The van der Waals surface area contributed by atoms with Crippen LogP contribution in [0.1, 0.15) is 28.5 Å². The Kier molecular flexibility index (Phi) is 5.59. The molecule has 2 heterocycles. The number of hydrogen-bond donors (Lipinski definition) is 1. The Hall–Kier alpha value is -3.13. The molecular formula is C22H23N3O4S. The largest absolute Gasteiger partial charge is 0.497 e. The fourth-order valence-corrected chi connectivity index (χ4v) is 5.29. The molecule has 1 N–H and O–H groups in total. The predicted octanol–water partition coefficient (Wildman–Crippen LogP) is 2.85. The minimum absolute atomic E-state index is 0.0307. The lowest BCUT2D eigenvalue weighted by Gasteiger charge is -2.13. The normalized spacial score (nSPS) is 17.6. The van der Waals surface area contributed by atoms with Gasteiger partial charge < -0.3 is 10.1 Å². The van der Waals surface area contributed by atoms with E-state index in [9.17, 15) is 13.2 Å². The Morgan fingerprint density at radius 1 is 1.17 bits per heavy atom. The molecule has 0 radical (unpaired) electrons. The highest BCUT2D eigenvalue weighted by Gasteiger charge is 2.32. The van der Waals surface area contributed by atoms with Gasteiger partial charge in [0.15, 0.2) is 15.5 Å². The third-order valence-electron chi connectivity index (χ3n) is 5.20. The highest BCUT2D eigenvalue weighted by molar-refractivity contribution is 7.91. The first-order chi connectivity index (χ1) is 14.4. The summed E-state index contributed by atoms with van der Waals surface area (Å²) in [6.45, 7) is 0.391. The molecule has 1 aromatic heterocycles. The van der Waals surface area contributed by atoms with Gasteiger partial charge in [-0.3, -0.25) is 9.48 Å². The van der Waals surface area contributed by atoms with Crippen molar-refractivity contribution in [3.8, 4) is 17.0 Å². The van der Waals surface area contributed by atoms with Crippen molar-refractivity contribution in [2.75, 3.05) is 18.6 Å². The SMILES string of the molecule is COc1ccc(-c2cc(C(=O)NCc3ccccc3)nn2[C@H]2CCS(=O)(=O)C2)cc1. The molecule has 2 aromatic carbocycles. The van der Waals surface area contributed by atoms with Crippen molar-refractivity contribution in [3.63, 3.8) is 0 Å². The van der Waals surface area contributed by atoms with Crippen molar-refractivity contribution in [1.29, 1.82) is 0 Å². The zero-order valence-corrected chi connectivity index (χ0v) is 17.4. The van der Waals surface area contributed by atoms with E-state index >= 15 is 0 Å². The molecule has 1 aliphatic heterocycles. The van der Waals surface area contributed by atoms with Gasteiger partial charge in [-0.25, -0.2) is 8.42 Å². The Labute approximate surface area is 175 Å². The zero-order chi connectivity index (χ0) is 21.1. The fraction of sp³-hybridized carbons (Fsp3) is 0.273. The summed E-state index contributed by atoms with van der Waals surface area (Å²) in [7, 11) is -1.50. The van der Waals surface area contributed by atoms with Crippen LogP contribution in [0.2, 0.25) is 0 Å². The van der Waals surface area contributed by atoms with Crippen LogP contribution in [0.3, 0.4) is 0 Å². The number of amides is 1. The number of rotatable bonds is 6. The molecule has 3 aromatic rings. The molecule has 1 fully saturated rings. The maximum absolute atomic E-state index is 12.7. The van der Waals surface area contributed by atoms with Crippen LogP contribution in [0.5, 0.6) is 5.75 Å². The predicted molar refractivity (Wildman–Crippen MR) is 114 cm³/mol. The van der Waals surface area contributed by atoms with Crippen LogP contribution in [-0.4, -0.2) is 42.7 Å². The van der Waals surface area contributed by atoms with Gasteiger partial charge >= 0.3 is 0 Å². The average molecular weight is 426 g/mol. The maximum Gasteiger partial charge on any atom is 0.272 e. The monoisotopic (exact) mass is 425 g/mol. The van der Waals surface area contributed by atoms with Crippen LogP contribution in [-0.2, 0) is 16.4 Å². The Morgan fingerprint density at radius 3 is 2.53 bits per heavy atom. The number of nitrogens with zero attached hydrogens (tertiary/aromatic N) is 2. The molecule has 0 unspecified atom stereocenters. The highest BCUT2D eigenvalue weighted by atomic mass is 32.2. The van der Waals surface area contributed by atoms with Crippen molar-refractivity contribution in [2.24, 2.45) is 0 Å². The minimum Gasteiger partial charge on any atom is -0.497 e. The molecule has 1 atom stereocenters. The number of sulfone groups is 1. The summed E-state index contributed by atoms with van der Waals surface area (Å²) in [5.74, 6) is 0.584. The Bertz CT molecular complexity index is 1140. The van der Waals surface area contributed by atoms with E-state index in [2.05, 4.69) is 10.4 Å². The summed E-state index contributed by atoms with van der Waals surface area (Å²) >= 11 is 0. The first-order valence-corrected chi connectivity index (χ1v) is 11.5. The fourth-order valence-electron chi connectivity index (χ4n) is 3.60. The molecule has 0 saturated carbocycles. The van der Waals surface area contributed by atoms with Gasteiger partial charge in [0.1, 0.15) is 5.75 Å². The number of carbonyl (C=O) groups is 1. The van der Waals surface area contributed by atoms with Crippen molar-refractivity contribution in [2.45, 2.75) is 19.0 Å². The van der Waals surface area contributed by atoms with E-state index in [1.807, 2.05) is 54.6 Å². The summed E-state index contributed by atoms with van der Waals surface area (Å²) in [5.41, 5.74) is 2.81. The molecular weight excluding hydrogens is 402 g/mol. The zero-order valence-electron chi connectivity index (χ0n) is 16.6. The molecule has 1 aliphatic rings. The van der Waals surface area contributed by atoms with Gasteiger partial charge in [0.2, 0.25) is 0 Å². The third kappa shape index (κ3) is 4.38. The van der Waals surface area contributed by atoms with E-state index in [1.54, 1.807) is 17.9 Å². The second kappa shape index (κ2) is 8.31. The number of benzene rings is 2. The first-order valence-electron chi connectivity index (χ1n) is 9.72. The number of hydrogen-bond acceptors (Lipinski definition) is 5. The lowest BCUT2D eigenvalue weighted by molar-refractivity contribution is 0.0945. The van der Waals surface area contributed by atoms with E-state index in [-0.39, 0.29) is 29.1 Å². The van der Waals surface area contributed by atoms with Crippen LogP contribution in [0.25, 0.3) is 11.3 Å². The van der Waals surface area contributed by atoms with Crippen molar-refractivity contribution < 1.29 is 17.9 Å². The smallest absolute Gasteiger partial charge is 0.272 e. The second-order valence-electron chi connectivity index (χ2n) is 7.31. The van der Waals surface area contributed by atoms with Gasteiger partial charge in [-0.2, -0.15) is 5.10 Å². The van der Waals surface area contributed by atoms with Crippen LogP contribution in [0, 0.1) is 0 Å². The quantitative estimate of drug-likeness (QED) is 0.656. The summed E-state index contributed by atoms with van der Waals surface area (Å²) in [6, 6.07) is 18.5. The number of ether oxygens (including phenoxy) is 1. The molecule has 8 heteroatoms. The summed E-state index contributed by atoms with van der Waals surface area (Å²) in [6.07, 6.45) is 0.484. The van der Waals surface area contributed by atoms with Gasteiger partial charge in [-0.05, 0) is 42.3 Å². The third-order valence-corrected chi connectivity index (χ3v) is 6.95. The van der Waals surface area contributed by atoms with Gasteiger partial charge in [0.25, 0.3) is 5.91 Å². The lowest BCUT2D eigenvalue weighted by Crippen LogP contribution is -2.23. The molecule has 156 valence electrons. The van der Waals surface area contributed by atoms with Crippen molar-refractivity contribution >= 4 is 15.7 Å². The number of aromatic nitrogens is 2. The molecule has 1 saturated heterocycles. The van der Waals surface area contributed by atoms with E-state index < -0.39 is 9.84 Å². The first kappa shape index (κ1) is 20.2. The minimum atomic E-state index is -3.09. The Balaban J connectivity index is 1.63. The molecule has 0 aliphatic carbocycles.